The predicted molar refractivity (Wildman–Crippen MR) is 83.2 cm³/mol. The average molecular weight is 304 g/mol. The van der Waals surface area contributed by atoms with E-state index in [0.29, 0.717) is 11.4 Å². The van der Waals surface area contributed by atoms with Crippen LogP contribution in [0.4, 0.5) is 10.1 Å². The van der Waals surface area contributed by atoms with Crippen molar-refractivity contribution in [1.82, 2.24) is 5.32 Å². The van der Waals surface area contributed by atoms with Gasteiger partial charge in [0.25, 0.3) is 0 Å². The van der Waals surface area contributed by atoms with Crippen LogP contribution in [0.2, 0.25) is 0 Å². The molecule has 1 amide bonds. The lowest BCUT2D eigenvalue weighted by atomic mass is 10.3. The minimum Gasteiger partial charge on any atom is -0.462 e. The number of nitrogens with one attached hydrogen (secondary N) is 2. The average Bonchev–Trinajstić information content (AvgIpc) is 2.85. The second kappa shape index (κ2) is 6.81. The fourth-order valence-electron chi connectivity index (χ4n) is 1.55. The lowest BCUT2D eigenvalue weighted by Crippen LogP contribution is -2.32. The van der Waals surface area contributed by atoms with Gasteiger partial charge >= 0.3 is 0 Å². The van der Waals surface area contributed by atoms with Crippen molar-refractivity contribution in [2.45, 2.75) is 6.92 Å². The topological polar surface area (TPSA) is 54.3 Å². The van der Waals surface area contributed by atoms with Gasteiger partial charge < -0.3 is 9.73 Å². The monoisotopic (exact) mass is 304 g/mol. The lowest BCUT2D eigenvalue weighted by Gasteiger charge is -2.07. The molecule has 0 aliphatic heterocycles. The first-order valence-corrected chi connectivity index (χ1v) is 6.56. The van der Waals surface area contributed by atoms with Crippen LogP contribution in [0.5, 0.6) is 0 Å². The molecule has 0 atom stereocenters. The zero-order valence-electron chi connectivity index (χ0n) is 11.2. The summed E-state index contributed by atoms with van der Waals surface area (Å²) in [6.07, 6.45) is 2.86. The Kier molecular flexibility index (Phi) is 4.84. The van der Waals surface area contributed by atoms with Gasteiger partial charge in [-0.3, -0.25) is 10.1 Å². The smallest absolute Gasteiger partial charge is 0.250 e. The maximum Gasteiger partial charge on any atom is 0.250 e. The van der Waals surface area contributed by atoms with Crippen LogP contribution in [0, 0.1) is 12.7 Å². The molecular formula is C15H13FN2O2S. The van der Waals surface area contributed by atoms with Crippen molar-refractivity contribution in [2.75, 3.05) is 5.32 Å². The van der Waals surface area contributed by atoms with Crippen LogP contribution in [-0.4, -0.2) is 11.0 Å². The molecule has 21 heavy (non-hydrogen) atoms. The van der Waals surface area contributed by atoms with E-state index >= 15 is 0 Å². The number of amides is 1. The number of furan rings is 1. The van der Waals surface area contributed by atoms with Crippen LogP contribution in [0.25, 0.3) is 6.08 Å². The molecule has 0 unspecified atom stereocenters. The number of hydrogen-bond acceptors (Lipinski definition) is 3. The summed E-state index contributed by atoms with van der Waals surface area (Å²) in [5.74, 6) is 0.625. The number of hydrogen-bond donors (Lipinski definition) is 2. The molecule has 2 rings (SSSR count). The minimum absolute atomic E-state index is 0.131. The van der Waals surface area contributed by atoms with Gasteiger partial charge in [-0.1, -0.05) is 0 Å². The summed E-state index contributed by atoms with van der Waals surface area (Å²) < 4.78 is 18.0. The first-order chi connectivity index (χ1) is 10.0. The summed E-state index contributed by atoms with van der Waals surface area (Å²) in [4.78, 5) is 11.7. The van der Waals surface area contributed by atoms with E-state index in [1.807, 2.05) is 6.92 Å². The third-order valence-electron chi connectivity index (χ3n) is 2.50. The van der Waals surface area contributed by atoms with E-state index in [0.717, 1.165) is 5.76 Å². The Labute approximate surface area is 126 Å². The number of carbonyl (C=O) groups is 1. The molecule has 0 aliphatic carbocycles. The van der Waals surface area contributed by atoms with Gasteiger partial charge in [0.05, 0.1) is 0 Å². The van der Waals surface area contributed by atoms with Crippen LogP contribution in [0.3, 0.4) is 0 Å². The number of thiocarbonyl (C=S) groups is 1. The van der Waals surface area contributed by atoms with Crippen LogP contribution in [-0.2, 0) is 4.79 Å². The highest BCUT2D eigenvalue weighted by Gasteiger charge is 2.02. The maximum absolute atomic E-state index is 12.7. The molecule has 2 aromatic rings. The first kappa shape index (κ1) is 14.9. The number of benzene rings is 1. The maximum atomic E-state index is 12.7. The van der Waals surface area contributed by atoms with Gasteiger partial charge in [-0.2, -0.15) is 0 Å². The third-order valence-corrected chi connectivity index (χ3v) is 2.70. The van der Waals surface area contributed by atoms with Crippen LogP contribution >= 0.6 is 12.2 Å². The number of rotatable bonds is 3. The minimum atomic E-state index is -0.385. The fourth-order valence-corrected chi connectivity index (χ4v) is 1.77. The van der Waals surface area contributed by atoms with E-state index in [4.69, 9.17) is 16.6 Å². The number of anilines is 1. The normalized spacial score (nSPS) is 10.6. The highest BCUT2D eigenvalue weighted by atomic mass is 32.1. The largest absolute Gasteiger partial charge is 0.462 e. The van der Waals surface area contributed by atoms with Crippen molar-refractivity contribution in [3.63, 3.8) is 0 Å². The van der Waals surface area contributed by atoms with Gasteiger partial charge in [0.1, 0.15) is 17.3 Å². The van der Waals surface area contributed by atoms with Gasteiger partial charge in [0.15, 0.2) is 5.11 Å². The van der Waals surface area contributed by atoms with Crippen molar-refractivity contribution in [2.24, 2.45) is 0 Å². The lowest BCUT2D eigenvalue weighted by molar-refractivity contribution is -0.115. The second-order valence-electron chi connectivity index (χ2n) is 4.23. The van der Waals surface area contributed by atoms with Crippen molar-refractivity contribution >= 4 is 35.0 Å². The quantitative estimate of drug-likeness (QED) is 0.675. The number of halogens is 1. The first-order valence-electron chi connectivity index (χ1n) is 6.15. The summed E-state index contributed by atoms with van der Waals surface area (Å²) >= 11 is 4.99. The molecule has 1 aromatic carbocycles. The van der Waals surface area contributed by atoms with E-state index in [-0.39, 0.29) is 16.8 Å². The van der Waals surface area contributed by atoms with E-state index in [2.05, 4.69) is 10.6 Å². The van der Waals surface area contributed by atoms with E-state index in [1.165, 1.54) is 30.3 Å². The highest BCUT2D eigenvalue weighted by molar-refractivity contribution is 7.80. The molecule has 108 valence electrons. The Bertz CT molecular complexity index is 677. The number of aryl methyl sites for hydroxylation is 1. The third kappa shape index (κ3) is 4.85. The van der Waals surface area contributed by atoms with Crippen molar-refractivity contribution < 1.29 is 13.6 Å². The highest BCUT2D eigenvalue weighted by Crippen LogP contribution is 2.09. The van der Waals surface area contributed by atoms with E-state index in [9.17, 15) is 9.18 Å². The Morgan fingerprint density at radius 1 is 1.24 bits per heavy atom. The molecule has 6 heteroatoms. The number of carbonyl (C=O) groups excluding carboxylic acids is 1. The predicted octanol–water partition coefficient (Wildman–Crippen LogP) is 3.25. The summed E-state index contributed by atoms with van der Waals surface area (Å²) in [5, 5.41) is 5.39. The molecule has 0 fully saturated rings. The summed E-state index contributed by atoms with van der Waals surface area (Å²) in [6.45, 7) is 1.82. The van der Waals surface area contributed by atoms with E-state index in [1.54, 1.807) is 18.2 Å². The second-order valence-corrected chi connectivity index (χ2v) is 4.64. The Morgan fingerprint density at radius 3 is 2.57 bits per heavy atom. The molecule has 1 aromatic heterocycles. The van der Waals surface area contributed by atoms with Gasteiger partial charge in [-0.15, -0.1) is 0 Å². The summed E-state index contributed by atoms with van der Waals surface area (Å²) in [5.41, 5.74) is 0.590. The summed E-state index contributed by atoms with van der Waals surface area (Å²) in [7, 11) is 0. The Hall–Kier alpha value is -2.47. The molecular weight excluding hydrogens is 291 g/mol. The van der Waals surface area contributed by atoms with Crippen molar-refractivity contribution in [3.05, 3.63) is 59.8 Å². The molecule has 0 saturated heterocycles. The van der Waals surface area contributed by atoms with E-state index < -0.39 is 0 Å². The molecule has 0 bridgehead atoms. The van der Waals surface area contributed by atoms with Gasteiger partial charge in [0, 0.05) is 11.8 Å². The standard InChI is InChI=1S/C15H13FN2O2S/c1-10-2-7-13(20-10)8-9-14(19)18-15(21)17-12-5-3-11(16)4-6-12/h2-9H,1H3,(H2,17,18,19,21)/b9-8+. The van der Waals surface area contributed by atoms with Crippen molar-refractivity contribution in [1.29, 1.82) is 0 Å². The molecule has 0 aliphatic rings. The van der Waals surface area contributed by atoms with Crippen LogP contribution < -0.4 is 10.6 Å². The SMILES string of the molecule is Cc1ccc(/C=C/C(=O)NC(=S)Nc2ccc(F)cc2)o1. The van der Waals surface area contributed by atoms with Gasteiger partial charge in [-0.25, -0.2) is 4.39 Å². The zero-order chi connectivity index (χ0) is 15.2. The van der Waals surface area contributed by atoms with Gasteiger partial charge in [0.2, 0.25) is 5.91 Å². The zero-order valence-corrected chi connectivity index (χ0v) is 12.0. The summed E-state index contributed by atoms with van der Waals surface area (Å²) in [6, 6.07) is 9.20. The Morgan fingerprint density at radius 2 is 1.95 bits per heavy atom. The Balaban J connectivity index is 1.86. The molecule has 0 saturated carbocycles. The molecule has 2 N–H and O–H groups in total. The fraction of sp³-hybridized carbons (Fsp3) is 0.0667. The molecule has 0 spiro atoms. The van der Waals surface area contributed by atoms with Crippen LogP contribution in [0.15, 0.2) is 46.9 Å². The van der Waals surface area contributed by atoms with Gasteiger partial charge in [-0.05, 0) is 61.6 Å². The molecule has 0 radical (unpaired) electrons. The van der Waals surface area contributed by atoms with Crippen LogP contribution in [0.1, 0.15) is 11.5 Å². The van der Waals surface area contributed by atoms with Crippen molar-refractivity contribution in [3.8, 4) is 0 Å². The molecule has 4 nitrogen and oxygen atoms in total. The molecule has 1 heterocycles.